The maximum absolute atomic E-state index is 10.4. The van der Waals surface area contributed by atoms with E-state index in [0.717, 1.165) is 29.9 Å². The van der Waals surface area contributed by atoms with Gasteiger partial charge in [0.1, 0.15) is 16.1 Å². The van der Waals surface area contributed by atoms with Gasteiger partial charge in [0.05, 0.1) is 16.4 Å². The Morgan fingerprint density at radius 3 is 2.50 bits per heavy atom. The van der Waals surface area contributed by atoms with Crippen LogP contribution in [0.3, 0.4) is 0 Å². The molecule has 0 bridgehead atoms. The fourth-order valence-corrected chi connectivity index (χ4v) is 6.05. The zero-order valence-electron chi connectivity index (χ0n) is 20.8. The van der Waals surface area contributed by atoms with Gasteiger partial charge in [0.25, 0.3) is 0 Å². The molecule has 4 nitrogen and oxygen atoms in total. The Morgan fingerprint density at radius 1 is 1.29 bits per heavy atom. The predicted octanol–water partition coefficient (Wildman–Crippen LogP) is 8.02. The first-order valence-corrected chi connectivity index (χ1v) is 14.3. The summed E-state index contributed by atoms with van der Waals surface area (Å²) in [5.74, 6) is 0. The van der Waals surface area contributed by atoms with Crippen molar-refractivity contribution >= 4 is 56.1 Å². The second kappa shape index (κ2) is 18.0. The summed E-state index contributed by atoms with van der Waals surface area (Å²) < 4.78 is 5.71. The number of nitriles is 1. The topological polar surface area (TPSA) is 63.0 Å². The summed E-state index contributed by atoms with van der Waals surface area (Å²) in [6.07, 6.45) is 9.86. The number of pyridine rings is 1. The Hall–Kier alpha value is -1.37. The second-order valence-corrected chi connectivity index (χ2v) is 13.3. The van der Waals surface area contributed by atoms with E-state index < -0.39 is 4.75 Å². The van der Waals surface area contributed by atoms with Crippen molar-refractivity contribution in [3.05, 3.63) is 61.4 Å². The van der Waals surface area contributed by atoms with Crippen LogP contribution >= 0.6 is 45.6 Å². The lowest BCUT2D eigenvalue weighted by molar-refractivity contribution is -0.108. The van der Waals surface area contributed by atoms with E-state index in [4.69, 9.17) is 22.2 Å². The van der Waals surface area contributed by atoms with Gasteiger partial charge in [-0.2, -0.15) is 5.26 Å². The molecule has 0 saturated heterocycles. The van der Waals surface area contributed by atoms with Gasteiger partial charge in [-0.05, 0) is 76.0 Å². The van der Waals surface area contributed by atoms with Crippen molar-refractivity contribution in [1.29, 1.82) is 5.26 Å². The first-order valence-electron chi connectivity index (χ1n) is 10.9. The molecule has 1 heterocycles. The summed E-state index contributed by atoms with van der Waals surface area (Å²) in [4.78, 5) is 14.7. The van der Waals surface area contributed by atoms with Crippen molar-refractivity contribution in [2.75, 3.05) is 6.61 Å². The van der Waals surface area contributed by atoms with Gasteiger partial charge in [0.15, 0.2) is 0 Å². The van der Waals surface area contributed by atoms with Crippen LogP contribution < -0.4 is 0 Å². The van der Waals surface area contributed by atoms with Crippen molar-refractivity contribution in [2.24, 2.45) is 0 Å². The van der Waals surface area contributed by atoms with Gasteiger partial charge in [-0.3, -0.25) is 0 Å². The number of thioether (sulfide) groups is 1. The average Bonchev–Trinajstić information content (AvgIpc) is 2.80. The molecule has 0 aliphatic heterocycles. The summed E-state index contributed by atoms with van der Waals surface area (Å²) in [5, 5.41) is 10.2. The fraction of sp³-hybridized carbons (Fsp3) is 0.462. The number of allylic oxidation sites excluding steroid dienone is 3. The Kier molecular flexibility index (Phi) is 17.3. The van der Waals surface area contributed by atoms with Crippen LogP contribution in [0.4, 0.5) is 0 Å². The Morgan fingerprint density at radius 2 is 2.00 bits per heavy atom. The molecule has 8 heteroatoms. The number of rotatable bonds is 14. The van der Waals surface area contributed by atoms with Crippen LogP contribution in [0.25, 0.3) is 0 Å². The van der Waals surface area contributed by atoms with Crippen LogP contribution in [0.2, 0.25) is 0 Å². The van der Waals surface area contributed by atoms with Crippen molar-refractivity contribution in [1.82, 2.24) is 4.98 Å². The molecule has 0 radical (unpaired) electrons. The van der Waals surface area contributed by atoms with Crippen LogP contribution in [0, 0.1) is 11.3 Å². The number of aromatic nitrogens is 1. The monoisotopic (exact) mass is 536 g/mol. The third kappa shape index (κ3) is 15.5. The number of hydrogen-bond donors (Lipinski definition) is 0. The van der Waals surface area contributed by atoms with Gasteiger partial charge in [-0.25, -0.2) is 4.98 Å². The van der Waals surface area contributed by atoms with E-state index in [1.165, 1.54) is 11.8 Å². The molecule has 1 aromatic heterocycles. The van der Waals surface area contributed by atoms with E-state index in [0.29, 0.717) is 23.1 Å². The molecule has 0 N–H and O–H groups in total. The molecule has 34 heavy (non-hydrogen) atoms. The highest BCUT2D eigenvalue weighted by Crippen LogP contribution is 2.41. The van der Waals surface area contributed by atoms with E-state index in [2.05, 4.69) is 51.9 Å². The molecule has 0 fully saturated rings. The molecule has 0 aliphatic rings. The van der Waals surface area contributed by atoms with Gasteiger partial charge in [0.2, 0.25) is 0 Å². The highest BCUT2D eigenvalue weighted by Gasteiger charge is 2.26. The summed E-state index contributed by atoms with van der Waals surface area (Å²) in [6, 6.07) is 8.19. The second-order valence-electron chi connectivity index (χ2n) is 8.26. The lowest BCUT2D eigenvalue weighted by Crippen LogP contribution is -2.20. The highest BCUT2D eigenvalue weighted by molar-refractivity contribution is 8.77. The first-order chi connectivity index (χ1) is 16.0. The molecule has 1 unspecified atom stereocenters. The van der Waals surface area contributed by atoms with E-state index >= 15 is 0 Å². The number of ether oxygens (including phenoxy) is 1. The minimum Gasteiger partial charge on any atom is -0.379 e. The van der Waals surface area contributed by atoms with E-state index in [9.17, 15) is 4.79 Å². The fourth-order valence-electron chi connectivity index (χ4n) is 2.21. The van der Waals surface area contributed by atoms with Gasteiger partial charge in [-0.15, -0.1) is 0 Å². The molecule has 0 spiro atoms. The van der Waals surface area contributed by atoms with Crippen molar-refractivity contribution in [3.63, 3.8) is 0 Å². The largest absolute Gasteiger partial charge is 0.379 e. The Labute approximate surface area is 223 Å². The molecule has 0 aliphatic carbocycles. The number of nitrogens with zero attached hydrogens (tertiary/aromatic N) is 2. The quantitative estimate of drug-likeness (QED) is 0.0778. The Balaban J connectivity index is 0.000000641. The Bertz CT molecular complexity index is 848. The van der Waals surface area contributed by atoms with Gasteiger partial charge in [-0.1, -0.05) is 72.2 Å². The molecule has 1 aromatic rings. The highest BCUT2D eigenvalue weighted by atomic mass is 33.1. The van der Waals surface area contributed by atoms with Gasteiger partial charge >= 0.3 is 0 Å². The number of carbonyl (C=O) groups excluding carboxylic acids is 1. The standard InChI is InChI=1S/C13H21NOS2.C13H15NOS2/c1-11(2)15-10-8-13(3,4)17-16-12-7-5-6-9-14-12;1-4-7-11(5-2)12(16)17-13(3,10-14)8-6-9-15/h5-7,9,11H,8,10H2,1-4H3;4-5,7,9H,1-2,6,8H2,3H3/b;11-7+. The summed E-state index contributed by atoms with van der Waals surface area (Å²) >= 11 is 6.52. The third-order valence-corrected chi connectivity index (χ3v) is 9.11. The summed E-state index contributed by atoms with van der Waals surface area (Å²) in [6.45, 7) is 18.5. The average molecular weight is 537 g/mol. The van der Waals surface area contributed by atoms with Gasteiger partial charge in [0, 0.05) is 24.0 Å². The molecule has 0 aromatic carbocycles. The lowest BCUT2D eigenvalue weighted by atomic mass is 10.1. The zero-order chi connectivity index (χ0) is 26.0. The first kappa shape index (κ1) is 32.6. The van der Waals surface area contributed by atoms with Crippen molar-refractivity contribution in [3.8, 4) is 6.07 Å². The third-order valence-electron chi connectivity index (χ3n) is 4.19. The summed E-state index contributed by atoms with van der Waals surface area (Å²) in [7, 11) is 3.59. The molecule has 1 atom stereocenters. The van der Waals surface area contributed by atoms with Crippen LogP contribution in [0.15, 0.2) is 66.4 Å². The number of hydrogen-bond acceptors (Lipinski definition) is 8. The van der Waals surface area contributed by atoms with E-state index in [-0.39, 0.29) is 4.75 Å². The molecule has 1 rings (SSSR count). The summed E-state index contributed by atoms with van der Waals surface area (Å²) in [5.41, 5.74) is 0.771. The molecule has 186 valence electrons. The minimum absolute atomic E-state index is 0.205. The maximum Gasteiger partial charge on any atom is 0.120 e. The van der Waals surface area contributed by atoms with E-state index in [1.807, 2.05) is 35.2 Å². The number of aldehydes is 1. The minimum atomic E-state index is -0.679. The van der Waals surface area contributed by atoms with Gasteiger partial charge < -0.3 is 9.53 Å². The number of carbonyl (C=O) groups is 1. The van der Waals surface area contributed by atoms with E-state index in [1.54, 1.807) is 35.9 Å². The SMILES string of the molecule is C=C/C=C(\C=C)C(=S)SC(C)(C#N)CCC=O.CC(C)OCCC(C)(C)SSc1ccccn1. The zero-order valence-corrected chi connectivity index (χ0v) is 24.0. The molecule has 0 saturated carbocycles. The smallest absolute Gasteiger partial charge is 0.120 e. The molecular weight excluding hydrogens is 501 g/mol. The molecule has 0 amide bonds. The normalized spacial score (nSPS) is 13.1. The number of thiocarbonyl (C=S) groups is 1. The van der Waals surface area contributed by atoms with Crippen molar-refractivity contribution in [2.45, 2.75) is 74.5 Å². The van der Waals surface area contributed by atoms with Crippen LogP contribution in [0.1, 0.15) is 53.9 Å². The maximum atomic E-state index is 10.4. The van der Waals surface area contributed by atoms with Crippen LogP contribution in [0.5, 0.6) is 0 Å². The van der Waals surface area contributed by atoms with Crippen LogP contribution in [-0.2, 0) is 9.53 Å². The van der Waals surface area contributed by atoms with Crippen molar-refractivity contribution < 1.29 is 9.53 Å². The van der Waals surface area contributed by atoms with Crippen LogP contribution in [-0.4, -0.2) is 37.7 Å². The lowest BCUT2D eigenvalue weighted by Gasteiger charge is -2.23. The molecular formula is C26H36N2O2S4. The predicted molar refractivity (Wildman–Crippen MR) is 155 cm³/mol.